The molecule has 1 aliphatic rings. The molecule has 4 nitrogen and oxygen atoms in total. The van der Waals surface area contributed by atoms with Gasteiger partial charge in [0.25, 0.3) is 5.91 Å². The van der Waals surface area contributed by atoms with Crippen LogP contribution >= 0.6 is 11.3 Å². The normalized spacial score (nSPS) is 19.6. The predicted molar refractivity (Wildman–Crippen MR) is 103 cm³/mol. The maximum absolute atomic E-state index is 13.4. The SMILES string of the molecule is Cc1ccccc1C(=O)N[C@@H]1CCC[C@H]1Nc1nc2ccc(F)cc2s1. The summed E-state index contributed by atoms with van der Waals surface area (Å²) in [6, 6.07) is 12.4. The van der Waals surface area contributed by atoms with E-state index in [0.717, 1.165) is 40.2 Å². The van der Waals surface area contributed by atoms with E-state index < -0.39 is 0 Å². The van der Waals surface area contributed by atoms with Gasteiger partial charge in [0.2, 0.25) is 0 Å². The number of nitrogens with one attached hydrogen (secondary N) is 2. The highest BCUT2D eigenvalue weighted by Crippen LogP contribution is 2.30. The first-order chi connectivity index (χ1) is 12.6. The second kappa shape index (κ2) is 7.03. The van der Waals surface area contributed by atoms with Gasteiger partial charge in [-0.15, -0.1) is 0 Å². The van der Waals surface area contributed by atoms with E-state index in [1.807, 2.05) is 31.2 Å². The maximum atomic E-state index is 13.4. The highest BCUT2D eigenvalue weighted by atomic mass is 32.1. The third-order valence-electron chi connectivity index (χ3n) is 4.88. The lowest BCUT2D eigenvalue weighted by Gasteiger charge is -2.22. The van der Waals surface area contributed by atoms with Crippen LogP contribution in [0.15, 0.2) is 42.5 Å². The lowest BCUT2D eigenvalue weighted by Crippen LogP contribution is -2.43. The molecule has 0 aliphatic heterocycles. The summed E-state index contributed by atoms with van der Waals surface area (Å²) in [6.45, 7) is 1.94. The van der Waals surface area contributed by atoms with Crippen molar-refractivity contribution in [2.75, 3.05) is 5.32 Å². The van der Waals surface area contributed by atoms with E-state index in [1.165, 1.54) is 23.5 Å². The van der Waals surface area contributed by atoms with E-state index >= 15 is 0 Å². The molecule has 26 heavy (non-hydrogen) atoms. The molecule has 2 atom stereocenters. The Kier molecular flexibility index (Phi) is 4.59. The lowest BCUT2D eigenvalue weighted by atomic mass is 10.1. The van der Waals surface area contributed by atoms with Gasteiger partial charge in [-0.1, -0.05) is 29.5 Å². The Morgan fingerprint density at radius 2 is 2.00 bits per heavy atom. The van der Waals surface area contributed by atoms with Gasteiger partial charge >= 0.3 is 0 Å². The van der Waals surface area contributed by atoms with Crippen LogP contribution in [0.25, 0.3) is 10.2 Å². The van der Waals surface area contributed by atoms with Crippen LogP contribution in [0.1, 0.15) is 35.2 Å². The van der Waals surface area contributed by atoms with E-state index in [2.05, 4.69) is 15.6 Å². The first-order valence-electron chi connectivity index (χ1n) is 8.79. The molecular formula is C20H20FN3OS. The molecule has 0 radical (unpaired) electrons. The number of aryl methyl sites for hydroxylation is 1. The number of nitrogens with zero attached hydrogens (tertiary/aromatic N) is 1. The van der Waals surface area contributed by atoms with Crippen LogP contribution in [0.2, 0.25) is 0 Å². The summed E-state index contributed by atoms with van der Waals surface area (Å²) in [5.41, 5.74) is 2.48. The molecule has 4 rings (SSSR count). The van der Waals surface area contributed by atoms with Crippen molar-refractivity contribution in [2.24, 2.45) is 0 Å². The molecule has 6 heteroatoms. The van der Waals surface area contributed by atoms with Gasteiger partial charge in [0.05, 0.1) is 10.2 Å². The molecule has 0 unspecified atom stereocenters. The number of fused-ring (bicyclic) bond motifs is 1. The standard InChI is InChI=1S/C20H20FN3OS/c1-12-5-2-3-6-14(12)19(25)22-15-7-4-8-16(15)23-20-24-17-10-9-13(21)11-18(17)26-20/h2-3,5-6,9-11,15-16H,4,7-8H2,1H3,(H,22,25)(H,23,24)/t15-,16-/m1/s1. The van der Waals surface area contributed by atoms with Crippen molar-refractivity contribution in [3.63, 3.8) is 0 Å². The summed E-state index contributed by atoms with van der Waals surface area (Å²) in [4.78, 5) is 17.1. The molecule has 1 heterocycles. The number of rotatable bonds is 4. The first kappa shape index (κ1) is 17.0. The second-order valence-electron chi connectivity index (χ2n) is 6.71. The fourth-order valence-corrected chi connectivity index (χ4v) is 4.45. The highest BCUT2D eigenvalue weighted by molar-refractivity contribution is 7.22. The third-order valence-corrected chi connectivity index (χ3v) is 5.83. The van der Waals surface area contributed by atoms with E-state index in [-0.39, 0.29) is 23.8 Å². The van der Waals surface area contributed by atoms with Crippen LogP contribution in [0.4, 0.5) is 9.52 Å². The molecule has 2 N–H and O–H groups in total. The van der Waals surface area contributed by atoms with Crippen LogP contribution in [0.3, 0.4) is 0 Å². The zero-order valence-corrected chi connectivity index (χ0v) is 15.3. The Bertz CT molecular complexity index is 955. The fourth-order valence-electron chi connectivity index (χ4n) is 3.50. The predicted octanol–water partition coefficient (Wildman–Crippen LogP) is 4.51. The summed E-state index contributed by atoms with van der Waals surface area (Å²) < 4.78 is 14.2. The molecule has 134 valence electrons. The molecule has 1 fully saturated rings. The van der Waals surface area contributed by atoms with Gasteiger partial charge in [-0.3, -0.25) is 4.79 Å². The van der Waals surface area contributed by atoms with E-state index in [4.69, 9.17) is 0 Å². The fraction of sp³-hybridized carbons (Fsp3) is 0.300. The smallest absolute Gasteiger partial charge is 0.251 e. The number of hydrogen-bond donors (Lipinski definition) is 2. The molecule has 1 amide bonds. The average molecular weight is 369 g/mol. The monoisotopic (exact) mass is 369 g/mol. The van der Waals surface area contributed by atoms with Gasteiger partial charge in [0, 0.05) is 17.6 Å². The number of amides is 1. The van der Waals surface area contributed by atoms with E-state index in [1.54, 1.807) is 6.07 Å². The van der Waals surface area contributed by atoms with Gasteiger partial charge in [-0.05, 0) is 56.0 Å². The summed E-state index contributed by atoms with van der Waals surface area (Å²) in [5, 5.41) is 7.38. The van der Waals surface area contributed by atoms with Crippen LogP contribution in [0.5, 0.6) is 0 Å². The Labute approximate surface area is 155 Å². The van der Waals surface area contributed by atoms with Crippen molar-refractivity contribution in [3.8, 4) is 0 Å². The number of benzene rings is 2. The number of carbonyl (C=O) groups is 1. The van der Waals surface area contributed by atoms with Crippen molar-refractivity contribution in [1.29, 1.82) is 0 Å². The van der Waals surface area contributed by atoms with Crippen LogP contribution in [-0.2, 0) is 0 Å². The maximum Gasteiger partial charge on any atom is 0.251 e. The Balaban J connectivity index is 1.47. The minimum absolute atomic E-state index is 0.0341. The Morgan fingerprint density at radius 1 is 1.19 bits per heavy atom. The van der Waals surface area contributed by atoms with Crippen molar-refractivity contribution >= 4 is 32.6 Å². The van der Waals surface area contributed by atoms with Gasteiger partial charge in [-0.25, -0.2) is 9.37 Å². The van der Waals surface area contributed by atoms with Gasteiger partial charge in [-0.2, -0.15) is 0 Å². The topological polar surface area (TPSA) is 54.0 Å². The number of anilines is 1. The molecule has 1 saturated carbocycles. The zero-order valence-electron chi connectivity index (χ0n) is 14.5. The van der Waals surface area contributed by atoms with Crippen LogP contribution in [0, 0.1) is 12.7 Å². The number of thiazole rings is 1. The van der Waals surface area contributed by atoms with Crippen molar-refractivity contribution in [2.45, 2.75) is 38.3 Å². The lowest BCUT2D eigenvalue weighted by molar-refractivity contribution is 0.0935. The Hall–Kier alpha value is -2.47. The molecule has 1 aromatic heterocycles. The molecule has 0 spiro atoms. The summed E-state index contributed by atoms with van der Waals surface area (Å²) in [6.07, 6.45) is 2.97. The molecule has 0 bridgehead atoms. The zero-order chi connectivity index (χ0) is 18.1. The summed E-state index contributed by atoms with van der Waals surface area (Å²) in [7, 11) is 0. The number of halogens is 1. The van der Waals surface area contributed by atoms with Crippen molar-refractivity contribution in [3.05, 3.63) is 59.4 Å². The third kappa shape index (κ3) is 3.42. The first-order valence-corrected chi connectivity index (χ1v) is 9.61. The van der Waals surface area contributed by atoms with Gasteiger partial charge < -0.3 is 10.6 Å². The molecule has 1 aliphatic carbocycles. The highest BCUT2D eigenvalue weighted by Gasteiger charge is 2.29. The molecule has 0 saturated heterocycles. The minimum Gasteiger partial charge on any atom is -0.357 e. The number of carbonyl (C=O) groups excluding carboxylic acids is 1. The summed E-state index contributed by atoms with van der Waals surface area (Å²) in [5.74, 6) is -0.287. The van der Waals surface area contributed by atoms with E-state index in [9.17, 15) is 9.18 Å². The largest absolute Gasteiger partial charge is 0.357 e. The van der Waals surface area contributed by atoms with E-state index in [0.29, 0.717) is 5.56 Å². The molecule has 2 aromatic carbocycles. The number of hydrogen-bond acceptors (Lipinski definition) is 4. The second-order valence-corrected chi connectivity index (χ2v) is 7.74. The van der Waals surface area contributed by atoms with Crippen LogP contribution in [-0.4, -0.2) is 23.0 Å². The minimum atomic E-state index is -0.253. The quantitative estimate of drug-likeness (QED) is 0.712. The summed E-state index contributed by atoms with van der Waals surface area (Å²) >= 11 is 1.44. The van der Waals surface area contributed by atoms with Gasteiger partial charge in [0.1, 0.15) is 5.82 Å². The number of aromatic nitrogens is 1. The molecule has 3 aromatic rings. The molecular weight excluding hydrogens is 349 g/mol. The van der Waals surface area contributed by atoms with Crippen molar-refractivity contribution in [1.82, 2.24) is 10.3 Å². The Morgan fingerprint density at radius 3 is 2.85 bits per heavy atom. The van der Waals surface area contributed by atoms with Crippen molar-refractivity contribution < 1.29 is 9.18 Å². The average Bonchev–Trinajstić information content (AvgIpc) is 3.21. The van der Waals surface area contributed by atoms with Gasteiger partial charge in [0.15, 0.2) is 5.13 Å². The van der Waals surface area contributed by atoms with Crippen LogP contribution < -0.4 is 10.6 Å².